The third-order valence-electron chi connectivity index (χ3n) is 3.58. The summed E-state index contributed by atoms with van der Waals surface area (Å²) in [6.07, 6.45) is -1.15. The molecule has 114 valence electrons. The van der Waals surface area contributed by atoms with Crippen LogP contribution in [0.3, 0.4) is 0 Å². The lowest BCUT2D eigenvalue weighted by molar-refractivity contribution is -0.165. The zero-order valence-electron chi connectivity index (χ0n) is 12.1. The van der Waals surface area contributed by atoms with E-state index in [0.29, 0.717) is 13.2 Å². The fourth-order valence-corrected chi connectivity index (χ4v) is 2.94. The second kappa shape index (κ2) is 4.78. The molecule has 3 aliphatic heterocycles. The molecule has 0 saturated carbocycles. The van der Waals surface area contributed by atoms with Crippen molar-refractivity contribution in [2.24, 2.45) is 0 Å². The van der Waals surface area contributed by atoms with Crippen molar-refractivity contribution in [2.75, 3.05) is 13.2 Å². The topological polar surface area (TPSA) is 55.4 Å². The van der Waals surface area contributed by atoms with Gasteiger partial charge in [-0.2, -0.15) is 0 Å². The first kappa shape index (κ1) is 14.5. The van der Waals surface area contributed by atoms with Crippen molar-refractivity contribution in [3.05, 3.63) is 0 Å². The monoisotopic (exact) mass is 304 g/mol. The molecule has 0 aromatic carbocycles. The van der Waals surface area contributed by atoms with Gasteiger partial charge in [0.05, 0.1) is 13.2 Å². The summed E-state index contributed by atoms with van der Waals surface area (Å²) >= 11 is 5.02. The molecule has 4 unspecified atom stereocenters. The largest absolute Gasteiger partial charge is 0.447 e. The summed E-state index contributed by atoms with van der Waals surface area (Å²) in [6.45, 7) is 8.36. The minimum absolute atomic E-state index is 0.126. The van der Waals surface area contributed by atoms with E-state index in [0.717, 1.165) is 0 Å². The molecule has 0 amide bonds. The molecular formula is C13H20O6S. The highest BCUT2D eigenvalue weighted by Crippen LogP contribution is 2.35. The number of thiocarbonyl (C=S) groups is 1. The lowest BCUT2D eigenvalue weighted by Crippen LogP contribution is -2.45. The summed E-state index contributed by atoms with van der Waals surface area (Å²) in [7, 11) is 0. The van der Waals surface area contributed by atoms with Gasteiger partial charge in [0.15, 0.2) is 23.8 Å². The molecule has 6 nitrogen and oxygen atoms in total. The molecule has 0 spiro atoms. The van der Waals surface area contributed by atoms with Gasteiger partial charge in [-0.3, -0.25) is 0 Å². The SMILES string of the molecule is CC1(C)OCC(C2OC(=S)OC2C2COC(C)(C)O2)O1. The van der Waals surface area contributed by atoms with E-state index in [1.165, 1.54) is 0 Å². The Morgan fingerprint density at radius 2 is 1.25 bits per heavy atom. The van der Waals surface area contributed by atoms with Crippen molar-refractivity contribution in [3.63, 3.8) is 0 Å². The summed E-state index contributed by atoms with van der Waals surface area (Å²) in [6, 6.07) is 0. The molecule has 3 aliphatic rings. The third-order valence-corrected chi connectivity index (χ3v) is 3.77. The van der Waals surface area contributed by atoms with E-state index >= 15 is 0 Å². The van der Waals surface area contributed by atoms with Crippen molar-refractivity contribution in [1.82, 2.24) is 0 Å². The summed E-state index contributed by atoms with van der Waals surface area (Å²) in [4.78, 5) is 0. The van der Waals surface area contributed by atoms with Gasteiger partial charge in [-0.15, -0.1) is 0 Å². The van der Waals surface area contributed by atoms with Crippen molar-refractivity contribution in [1.29, 1.82) is 0 Å². The van der Waals surface area contributed by atoms with Crippen LogP contribution in [0, 0.1) is 0 Å². The van der Waals surface area contributed by atoms with Crippen LogP contribution >= 0.6 is 12.2 Å². The van der Waals surface area contributed by atoms with E-state index in [2.05, 4.69) is 0 Å². The van der Waals surface area contributed by atoms with Gasteiger partial charge < -0.3 is 28.4 Å². The van der Waals surface area contributed by atoms with Crippen LogP contribution in [0.1, 0.15) is 27.7 Å². The fraction of sp³-hybridized carbons (Fsp3) is 0.923. The Kier molecular flexibility index (Phi) is 3.45. The second-order valence-electron chi connectivity index (χ2n) is 6.15. The first-order valence-electron chi connectivity index (χ1n) is 6.77. The highest BCUT2D eigenvalue weighted by atomic mass is 32.1. The smallest absolute Gasteiger partial charge is 0.353 e. The Morgan fingerprint density at radius 3 is 1.55 bits per heavy atom. The number of hydrogen-bond acceptors (Lipinski definition) is 7. The van der Waals surface area contributed by atoms with E-state index < -0.39 is 11.6 Å². The molecule has 3 fully saturated rings. The molecule has 3 rings (SSSR count). The maximum atomic E-state index is 5.84. The number of rotatable bonds is 2. The van der Waals surface area contributed by atoms with Crippen LogP contribution in [0.25, 0.3) is 0 Å². The van der Waals surface area contributed by atoms with Crippen molar-refractivity contribution < 1.29 is 28.4 Å². The van der Waals surface area contributed by atoms with Gasteiger partial charge >= 0.3 is 5.24 Å². The molecule has 3 saturated heterocycles. The van der Waals surface area contributed by atoms with Gasteiger partial charge in [0.2, 0.25) is 0 Å². The molecule has 7 heteroatoms. The van der Waals surface area contributed by atoms with Gasteiger partial charge in [0.1, 0.15) is 12.2 Å². The molecule has 0 aromatic rings. The highest BCUT2D eigenvalue weighted by Gasteiger charge is 2.52. The first-order valence-corrected chi connectivity index (χ1v) is 7.17. The van der Waals surface area contributed by atoms with E-state index in [9.17, 15) is 0 Å². The Balaban J connectivity index is 1.71. The Hall–Kier alpha value is -0.470. The Morgan fingerprint density at radius 1 is 0.850 bits per heavy atom. The minimum atomic E-state index is -0.616. The molecule has 0 aliphatic carbocycles. The molecular weight excluding hydrogens is 284 g/mol. The first-order chi connectivity index (χ1) is 9.26. The van der Waals surface area contributed by atoms with E-state index in [4.69, 9.17) is 40.6 Å². The highest BCUT2D eigenvalue weighted by molar-refractivity contribution is 7.79. The molecule has 4 atom stereocenters. The van der Waals surface area contributed by atoms with Crippen LogP contribution < -0.4 is 0 Å². The summed E-state index contributed by atoms with van der Waals surface area (Å²) in [5.41, 5.74) is 0. The molecule has 0 radical (unpaired) electrons. The normalized spacial score (nSPS) is 42.5. The van der Waals surface area contributed by atoms with Crippen LogP contribution in [0.4, 0.5) is 0 Å². The van der Waals surface area contributed by atoms with Gasteiger partial charge in [-0.1, -0.05) is 0 Å². The van der Waals surface area contributed by atoms with E-state index in [1.807, 2.05) is 27.7 Å². The van der Waals surface area contributed by atoms with E-state index in [1.54, 1.807) is 0 Å². The number of hydrogen-bond donors (Lipinski definition) is 0. The van der Waals surface area contributed by atoms with Crippen molar-refractivity contribution in [2.45, 2.75) is 63.7 Å². The second-order valence-corrected chi connectivity index (χ2v) is 6.48. The minimum Gasteiger partial charge on any atom is -0.447 e. The van der Waals surface area contributed by atoms with Crippen molar-refractivity contribution >= 4 is 17.5 Å². The van der Waals surface area contributed by atoms with Gasteiger partial charge in [-0.05, 0) is 27.7 Å². The molecule has 0 N–H and O–H groups in total. The lowest BCUT2D eigenvalue weighted by atomic mass is 10.0. The van der Waals surface area contributed by atoms with Crippen LogP contribution in [-0.2, 0) is 28.4 Å². The summed E-state index contributed by atoms with van der Waals surface area (Å²) in [5, 5.41) is 0.126. The molecule has 20 heavy (non-hydrogen) atoms. The predicted molar refractivity (Wildman–Crippen MR) is 72.2 cm³/mol. The third kappa shape index (κ3) is 2.78. The predicted octanol–water partition coefficient (Wildman–Crippen LogP) is 1.36. The van der Waals surface area contributed by atoms with Gasteiger partial charge in [0.25, 0.3) is 0 Å². The molecule has 0 aromatic heterocycles. The zero-order chi connectivity index (χ0) is 14.5. The van der Waals surface area contributed by atoms with Gasteiger partial charge in [0, 0.05) is 12.2 Å². The lowest BCUT2D eigenvalue weighted by Gasteiger charge is -2.26. The molecule has 0 bridgehead atoms. The van der Waals surface area contributed by atoms with Crippen LogP contribution in [0.5, 0.6) is 0 Å². The Bertz CT molecular complexity index is 374. The average Bonchev–Trinajstić information content (AvgIpc) is 2.96. The quantitative estimate of drug-likeness (QED) is 0.714. The van der Waals surface area contributed by atoms with E-state index in [-0.39, 0.29) is 29.7 Å². The zero-order valence-corrected chi connectivity index (χ0v) is 12.9. The van der Waals surface area contributed by atoms with Crippen LogP contribution in [0.15, 0.2) is 0 Å². The molecule has 3 heterocycles. The van der Waals surface area contributed by atoms with Crippen LogP contribution in [0.2, 0.25) is 0 Å². The summed E-state index contributed by atoms with van der Waals surface area (Å²) in [5.74, 6) is -1.23. The van der Waals surface area contributed by atoms with Gasteiger partial charge in [-0.25, -0.2) is 0 Å². The Labute approximate surface area is 123 Å². The van der Waals surface area contributed by atoms with Crippen LogP contribution in [-0.4, -0.2) is 54.4 Å². The maximum Gasteiger partial charge on any atom is 0.353 e. The number of ether oxygens (including phenoxy) is 6. The fourth-order valence-electron chi connectivity index (χ4n) is 2.71. The standard InChI is InChI=1S/C13H20O6S/c1-12(2)14-5-7(18-12)9-10(17-11(20)16-9)8-6-15-13(3,4)19-8/h7-10H,5-6H2,1-4H3. The average molecular weight is 304 g/mol. The maximum absolute atomic E-state index is 5.84. The van der Waals surface area contributed by atoms with Crippen molar-refractivity contribution in [3.8, 4) is 0 Å². The summed E-state index contributed by atoms with van der Waals surface area (Å²) < 4.78 is 34.0.